The summed E-state index contributed by atoms with van der Waals surface area (Å²) in [6.07, 6.45) is 12.0. The molecule has 5 aliphatic rings. The maximum Gasteiger partial charge on any atom is 0.290 e. The van der Waals surface area contributed by atoms with Crippen molar-refractivity contribution in [2.24, 2.45) is 27.6 Å². The Labute approximate surface area is 342 Å². The van der Waals surface area contributed by atoms with Crippen LogP contribution in [0.3, 0.4) is 0 Å². The second-order valence-corrected chi connectivity index (χ2v) is 21.3. The van der Waals surface area contributed by atoms with Gasteiger partial charge in [-0.15, -0.1) is 0 Å². The van der Waals surface area contributed by atoms with E-state index in [1.165, 1.54) is 0 Å². The Morgan fingerprint density at radius 1 is 0.754 bits per heavy atom. The van der Waals surface area contributed by atoms with Crippen LogP contribution < -0.4 is 21.3 Å². The number of nitrogens with one attached hydrogen (secondary N) is 4. The lowest BCUT2D eigenvalue weighted by Gasteiger charge is -2.40. The molecule has 57 heavy (non-hydrogen) atoms. The normalized spacial score (nSPS) is 27.6. The lowest BCUT2D eigenvalue weighted by Crippen LogP contribution is -2.63. The Morgan fingerprint density at radius 3 is 1.89 bits per heavy atom. The first kappa shape index (κ1) is 45.1. The van der Waals surface area contributed by atoms with Crippen LogP contribution >= 0.6 is 0 Å². The zero-order chi connectivity index (χ0) is 42.3. The van der Waals surface area contributed by atoms with Crippen molar-refractivity contribution in [3.05, 3.63) is 0 Å². The lowest BCUT2D eigenvalue weighted by atomic mass is 9.73. The molecule has 5 fully saturated rings. The highest BCUT2D eigenvalue weighted by molar-refractivity contribution is 6.38. The van der Waals surface area contributed by atoms with Gasteiger partial charge in [0.2, 0.25) is 29.4 Å². The van der Waals surface area contributed by atoms with Crippen molar-refractivity contribution < 1.29 is 28.8 Å². The fourth-order valence-electron chi connectivity index (χ4n) is 11.5. The molecule has 322 valence electrons. The minimum absolute atomic E-state index is 0.0264. The molecule has 2 spiro atoms. The zero-order valence-corrected chi connectivity index (χ0v) is 37.2. The Bertz CT molecular complexity index is 1530. The molecule has 12 nitrogen and oxygen atoms in total. The van der Waals surface area contributed by atoms with Gasteiger partial charge in [-0.3, -0.25) is 33.7 Å². The average Bonchev–Trinajstić information content (AvgIpc) is 3.32. The highest BCUT2D eigenvalue weighted by Gasteiger charge is 2.85. The predicted octanol–water partition coefficient (Wildman–Crippen LogP) is 5.41. The summed E-state index contributed by atoms with van der Waals surface area (Å²) in [5, 5.41) is 12.0. The van der Waals surface area contributed by atoms with Crippen LogP contribution in [0.2, 0.25) is 0 Å². The van der Waals surface area contributed by atoms with E-state index >= 15 is 4.79 Å². The highest BCUT2D eigenvalue weighted by Crippen LogP contribution is 2.88. The first-order valence-electron chi connectivity index (χ1n) is 22.4. The summed E-state index contributed by atoms with van der Waals surface area (Å²) in [6.45, 7) is 23.0. The molecular formula is C45H76N6O6. The zero-order valence-electron chi connectivity index (χ0n) is 37.2. The van der Waals surface area contributed by atoms with E-state index in [4.69, 9.17) is 0 Å². The van der Waals surface area contributed by atoms with Crippen LogP contribution in [0.15, 0.2) is 0 Å². The number of piperidine rings is 1. The summed E-state index contributed by atoms with van der Waals surface area (Å²) < 4.78 is 0. The number of ketones is 1. The van der Waals surface area contributed by atoms with Gasteiger partial charge in [-0.1, -0.05) is 80.1 Å². The molecule has 6 atom stereocenters. The molecule has 2 heterocycles. The number of nitrogens with zero attached hydrogens (tertiary/aromatic N) is 2. The van der Waals surface area contributed by atoms with E-state index in [1.54, 1.807) is 25.7 Å². The number of carbonyl (C=O) groups is 6. The smallest absolute Gasteiger partial charge is 0.290 e. The molecular weight excluding hydrogens is 721 g/mol. The molecule has 0 aromatic rings. The van der Waals surface area contributed by atoms with Gasteiger partial charge < -0.3 is 26.2 Å². The summed E-state index contributed by atoms with van der Waals surface area (Å²) in [7, 11) is 0. The molecule has 3 aliphatic carbocycles. The third kappa shape index (κ3) is 8.82. The van der Waals surface area contributed by atoms with E-state index < -0.39 is 52.7 Å². The summed E-state index contributed by atoms with van der Waals surface area (Å²) >= 11 is 0. The average molecular weight is 797 g/mol. The molecule has 0 bridgehead atoms. The van der Waals surface area contributed by atoms with Crippen molar-refractivity contribution in [2.75, 3.05) is 13.1 Å². The van der Waals surface area contributed by atoms with Crippen LogP contribution in [-0.4, -0.2) is 100.0 Å². The molecule has 4 N–H and O–H groups in total. The van der Waals surface area contributed by atoms with E-state index in [1.807, 2.05) is 27.7 Å². The maximum absolute atomic E-state index is 15.2. The van der Waals surface area contributed by atoms with Crippen LogP contribution in [-0.2, 0) is 28.8 Å². The number of Topliss-reactive ketones (excluding diaryl/α,β-unsaturated/α-hetero) is 1. The van der Waals surface area contributed by atoms with E-state index in [9.17, 15) is 24.0 Å². The molecule has 5 amide bonds. The summed E-state index contributed by atoms with van der Waals surface area (Å²) in [5.41, 5.74) is -1.72. The monoisotopic (exact) mass is 797 g/mol. The lowest BCUT2D eigenvalue weighted by molar-refractivity contribution is -0.146. The third-order valence-electron chi connectivity index (χ3n) is 14.9. The van der Waals surface area contributed by atoms with E-state index in [0.717, 1.165) is 77.2 Å². The van der Waals surface area contributed by atoms with Gasteiger partial charge in [-0.2, -0.15) is 0 Å². The third-order valence-corrected chi connectivity index (χ3v) is 14.9. The van der Waals surface area contributed by atoms with Gasteiger partial charge in [0.15, 0.2) is 0 Å². The van der Waals surface area contributed by atoms with Gasteiger partial charge in [0.1, 0.15) is 18.1 Å². The van der Waals surface area contributed by atoms with E-state index in [2.05, 4.69) is 53.9 Å². The largest absolute Gasteiger partial charge is 0.345 e. The number of rotatable bonds is 13. The molecule has 2 aliphatic heterocycles. The molecule has 0 radical (unpaired) electrons. The van der Waals surface area contributed by atoms with Gasteiger partial charge in [0.25, 0.3) is 5.91 Å². The van der Waals surface area contributed by atoms with Gasteiger partial charge in [-0.05, 0) is 115 Å². The first-order valence-corrected chi connectivity index (χ1v) is 22.4. The Balaban J connectivity index is 1.43. The molecule has 5 rings (SSSR count). The van der Waals surface area contributed by atoms with Crippen molar-refractivity contribution in [1.82, 2.24) is 31.1 Å². The standard InChI is InChI=1S/C45H76N6O6/c1-12-19-30(34(52)39(56)49-42(7,8)9)46-37(54)32-26-45(43(10,11)44(45)23-18-24-44)27-51(32)40(57)35(41(4,5)6)48-38(55)33(29-20-14-13-15-21-29)47-36(53)31-22-16-17-25-50(31)28(2)3/h28-33,35H,12-27H2,1-11H3,(H,46,54)(H,47,53)(H,48,55)(H,49,56)/t30-,31-,32-,33?,35+,45+/m0/s1. The number of fused-ring (bicyclic) bond motifs is 1. The van der Waals surface area contributed by atoms with Gasteiger partial charge >= 0.3 is 0 Å². The fourth-order valence-corrected chi connectivity index (χ4v) is 11.5. The van der Waals surface area contributed by atoms with Gasteiger partial charge in [0.05, 0.1) is 12.1 Å². The molecule has 2 saturated heterocycles. The molecule has 3 saturated carbocycles. The predicted molar refractivity (Wildman–Crippen MR) is 222 cm³/mol. The summed E-state index contributed by atoms with van der Waals surface area (Å²) in [4.78, 5) is 88.8. The molecule has 12 heteroatoms. The van der Waals surface area contributed by atoms with Crippen LogP contribution in [0.4, 0.5) is 0 Å². The number of carbonyl (C=O) groups excluding carboxylic acids is 6. The van der Waals surface area contributed by atoms with Crippen molar-refractivity contribution >= 4 is 35.3 Å². The van der Waals surface area contributed by atoms with Crippen molar-refractivity contribution in [3.63, 3.8) is 0 Å². The van der Waals surface area contributed by atoms with Crippen LogP contribution in [0.1, 0.15) is 166 Å². The van der Waals surface area contributed by atoms with Crippen molar-refractivity contribution in [2.45, 2.75) is 208 Å². The molecule has 1 unspecified atom stereocenters. The number of hydrogen-bond acceptors (Lipinski definition) is 7. The minimum atomic E-state index is -1.03. The first-order chi connectivity index (χ1) is 26.5. The Hall–Kier alpha value is -3.02. The maximum atomic E-state index is 15.2. The molecule has 0 aromatic heterocycles. The number of likely N-dealkylation sites (tertiary alicyclic amines) is 2. The number of hydrogen-bond donors (Lipinski definition) is 4. The second kappa shape index (κ2) is 16.9. The van der Waals surface area contributed by atoms with Gasteiger partial charge in [0, 0.05) is 23.5 Å². The Morgan fingerprint density at radius 2 is 1.37 bits per heavy atom. The van der Waals surface area contributed by atoms with Crippen LogP contribution in [0.25, 0.3) is 0 Å². The Kier molecular flexibility index (Phi) is 13.4. The fraction of sp³-hybridized carbons (Fsp3) is 0.867. The highest BCUT2D eigenvalue weighted by atomic mass is 16.2. The van der Waals surface area contributed by atoms with E-state index in [-0.39, 0.29) is 58.4 Å². The summed E-state index contributed by atoms with van der Waals surface area (Å²) in [5.74, 6) is -2.75. The quantitative estimate of drug-likeness (QED) is 0.182. The van der Waals surface area contributed by atoms with Gasteiger partial charge in [-0.25, -0.2) is 0 Å². The van der Waals surface area contributed by atoms with Crippen molar-refractivity contribution in [3.8, 4) is 0 Å². The number of amides is 5. The van der Waals surface area contributed by atoms with E-state index in [0.29, 0.717) is 19.4 Å². The SMILES string of the molecule is CCC[C@H](NC(=O)[C@@H]1C[C@@]2(CN1C(=O)[C@@H](NC(=O)C(NC(=O)[C@@H]1CCCCN1C(C)C)C1CCCCC1)C(C)(C)C)C(C)(C)C21CCC1)C(=O)C(=O)NC(C)(C)C. The summed E-state index contributed by atoms with van der Waals surface area (Å²) in [6, 6.07) is -3.77. The second-order valence-electron chi connectivity index (χ2n) is 21.3. The minimum Gasteiger partial charge on any atom is -0.345 e. The topological polar surface area (TPSA) is 157 Å². The van der Waals surface area contributed by atoms with Crippen LogP contribution in [0.5, 0.6) is 0 Å². The van der Waals surface area contributed by atoms with Crippen molar-refractivity contribution in [1.29, 1.82) is 0 Å². The van der Waals surface area contributed by atoms with Crippen LogP contribution in [0, 0.1) is 27.6 Å². The molecule has 0 aromatic carbocycles.